The van der Waals surface area contributed by atoms with E-state index >= 15 is 0 Å². The number of amides is 1. The molecule has 0 aliphatic carbocycles. The van der Waals surface area contributed by atoms with Gasteiger partial charge in [0.2, 0.25) is 0 Å². The highest BCUT2D eigenvalue weighted by Gasteiger charge is 2.25. The Kier molecular flexibility index (Phi) is 7.17. The van der Waals surface area contributed by atoms with Crippen molar-refractivity contribution in [3.8, 4) is 5.75 Å². The number of piperazine rings is 1. The van der Waals surface area contributed by atoms with Gasteiger partial charge in [-0.05, 0) is 48.7 Å². The second kappa shape index (κ2) is 10.2. The average Bonchev–Trinajstić information content (AvgIpc) is 3.19. The summed E-state index contributed by atoms with van der Waals surface area (Å²) < 4.78 is 18.3. The maximum Gasteiger partial charge on any atom is 0.265 e. The number of hydrogen-bond acceptors (Lipinski definition) is 5. The van der Waals surface area contributed by atoms with Crippen LogP contribution in [0.1, 0.15) is 31.5 Å². The predicted octanol–water partition coefficient (Wildman–Crippen LogP) is 4.19. The van der Waals surface area contributed by atoms with Crippen LogP contribution in [0.2, 0.25) is 0 Å². The van der Waals surface area contributed by atoms with Crippen molar-refractivity contribution in [1.82, 2.24) is 14.8 Å². The van der Waals surface area contributed by atoms with E-state index < -0.39 is 0 Å². The minimum atomic E-state index is -0.247. The zero-order valence-electron chi connectivity index (χ0n) is 18.5. The van der Waals surface area contributed by atoms with Crippen LogP contribution in [0.4, 0.5) is 4.39 Å². The molecule has 0 unspecified atom stereocenters. The normalized spacial score (nSPS) is 14.5. The van der Waals surface area contributed by atoms with Gasteiger partial charge in [-0.1, -0.05) is 24.3 Å². The minimum absolute atomic E-state index is 0.0696. The van der Waals surface area contributed by atoms with Crippen LogP contribution in [-0.4, -0.2) is 60.5 Å². The molecular weight excluding hydrogens is 425 g/mol. The van der Waals surface area contributed by atoms with Crippen LogP contribution in [0.25, 0.3) is 0 Å². The molecule has 4 rings (SSSR count). The Morgan fingerprint density at radius 1 is 1.03 bits per heavy atom. The molecule has 2 aromatic carbocycles. The second-order valence-electron chi connectivity index (χ2n) is 8.06. The number of aromatic nitrogens is 1. The lowest BCUT2D eigenvalue weighted by atomic mass is 10.1. The van der Waals surface area contributed by atoms with Crippen molar-refractivity contribution in [2.45, 2.75) is 19.8 Å². The maximum atomic E-state index is 13.1. The molecule has 32 heavy (non-hydrogen) atoms. The first kappa shape index (κ1) is 22.4. The van der Waals surface area contributed by atoms with Gasteiger partial charge in [0.25, 0.3) is 5.91 Å². The van der Waals surface area contributed by atoms with Crippen LogP contribution >= 0.6 is 11.3 Å². The molecule has 0 atom stereocenters. The zero-order chi connectivity index (χ0) is 22.5. The van der Waals surface area contributed by atoms with Crippen molar-refractivity contribution in [3.63, 3.8) is 0 Å². The topological polar surface area (TPSA) is 45.7 Å². The fraction of sp³-hybridized carbons (Fsp3) is 0.360. The lowest BCUT2D eigenvalue weighted by molar-refractivity contribution is 0.0642. The molecule has 1 amide bonds. The van der Waals surface area contributed by atoms with E-state index in [0.29, 0.717) is 11.3 Å². The Hall–Kier alpha value is -2.77. The van der Waals surface area contributed by atoms with E-state index in [1.165, 1.54) is 29.0 Å². The standard InChI is InChI=1S/C25H28FN3O2S/c1-18-24(32-23(27-18)17-20-3-7-21(26)8-4-20)25(30)29-15-13-28(14-16-29)12-11-19-5-9-22(31-2)10-6-19/h3-10H,11-17H2,1-2H3. The molecule has 168 valence electrons. The van der Waals surface area contributed by atoms with Crippen LogP contribution in [0.3, 0.4) is 0 Å². The molecule has 1 fully saturated rings. The van der Waals surface area contributed by atoms with Gasteiger partial charge in [-0.25, -0.2) is 9.37 Å². The highest BCUT2D eigenvalue weighted by Crippen LogP contribution is 2.23. The zero-order valence-corrected chi connectivity index (χ0v) is 19.3. The number of carbonyl (C=O) groups excluding carboxylic acids is 1. The van der Waals surface area contributed by atoms with Crippen molar-refractivity contribution in [1.29, 1.82) is 0 Å². The SMILES string of the molecule is COc1ccc(CCN2CCN(C(=O)c3sc(Cc4ccc(F)cc4)nc3C)CC2)cc1. The number of benzene rings is 2. The number of halogens is 1. The maximum absolute atomic E-state index is 13.1. The molecule has 2 heterocycles. The molecule has 0 N–H and O–H groups in total. The van der Waals surface area contributed by atoms with Crippen LogP contribution in [0, 0.1) is 12.7 Å². The first-order chi connectivity index (χ1) is 15.5. The summed E-state index contributed by atoms with van der Waals surface area (Å²) >= 11 is 1.45. The molecule has 1 aromatic heterocycles. The highest BCUT2D eigenvalue weighted by molar-refractivity contribution is 7.13. The van der Waals surface area contributed by atoms with E-state index in [-0.39, 0.29) is 11.7 Å². The minimum Gasteiger partial charge on any atom is -0.497 e. The van der Waals surface area contributed by atoms with Crippen LogP contribution in [-0.2, 0) is 12.8 Å². The average molecular weight is 454 g/mol. The third-order valence-electron chi connectivity index (χ3n) is 5.84. The van der Waals surface area contributed by atoms with Crippen molar-refractivity contribution in [2.75, 3.05) is 39.8 Å². The summed E-state index contributed by atoms with van der Waals surface area (Å²) in [5, 5.41) is 0.885. The molecule has 1 aliphatic rings. The highest BCUT2D eigenvalue weighted by atomic mass is 32.1. The third-order valence-corrected chi connectivity index (χ3v) is 6.98. The van der Waals surface area contributed by atoms with Crippen molar-refractivity contribution in [2.24, 2.45) is 0 Å². The third kappa shape index (κ3) is 5.53. The van der Waals surface area contributed by atoms with Gasteiger partial charge >= 0.3 is 0 Å². The number of nitrogens with zero attached hydrogens (tertiary/aromatic N) is 3. The Bertz CT molecular complexity index is 1040. The molecule has 1 aliphatic heterocycles. The number of ether oxygens (including phenoxy) is 1. The number of carbonyl (C=O) groups is 1. The van der Waals surface area contributed by atoms with Crippen LogP contribution < -0.4 is 4.74 Å². The van der Waals surface area contributed by atoms with E-state index in [4.69, 9.17) is 4.74 Å². The number of thiazole rings is 1. The molecule has 1 saturated heterocycles. The summed E-state index contributed by atoms with van der Waals surface area (Å²) in [5.74, 6) is 0.697. The quantitative estimate of drug-likeness (QED) is 0.538. The van der Waals surface area contributed by atoms with Gasteiger partial charge in [0.1, 0.15) is 16.4 Å². The summed E-state index contributed by atoms with van der Waals surface area (Å²) in [6.45, 7) is 6.08. The molecule has 0 bridgehead atoms. The molecule has 0 radical (unpaired) electrons. The lowest BCUT2D eigenvalue weighted by Gasteiger charge is -2.34. The second-order valence-corrected chi connectivity index (χ2v) is 9.14. The van der Waals surface area contributed by atoms with Gasteiger partial charge in [-0.2, -0.15) is 0 Å². The first-order valence-electron chi connectivity index (χ1n) is 10.9. The van der Waals surface area contributed by atoms with Crippen molar-refractivity contribution < 1.29 is 13.9 Å². The van der Waals surface area contributed by atoms with Crippen LogP contribution in [0.5, 0.6) is 5.75 Å². The predicted molar refractivity (Wildman–Crippen MR) is 125 cm³/mol. The first-order valence-corrected chi connectivity index (χ1v) is 11.7. The van der Waals surface area contributed by atoms with E-state index in [0.717, 1.165) is 61.2 Å². The van der Waals surface area contributed by atoms with Gasteiger partial charge in [-0.15, -0.1) is 11.3 Å². The molecule has 7 heteroatoms. The number of hydrogen-bond donors (Lipinski definition) is 0. The molecular formula is C25H28FN3O2S. The van der Waals surface area contributed by atoms with E-state index in [1.807, 2.05) is 24.0 Å². The summed E-state index contributed by atoms with van der Waals surface area (Å²) in [6, 6.07) is 14.6. The Morgan fingerprint density at radius 2 is 1.69 bits per heavy atom. The van der Waals surface area contributed by atoms with Gasteiger partial charge in [0.05, 0.1) is 17.8 Å². The summed E-state index contributed by atoms with van der Waals surface area (Å²) in [7, 11) is 1.68. The van der Waals surface area contributed by atoms with Gasteiger partial charge in [0, 0.05) is 39.1 Å². The monoisotopic (exact) mass is 453 g/mol. The van der Waals surface area contributed by atoms with E-state index in [1.54, 1.807) is 19.2 Å². The van der Waals surface area contributed by atoms with Gasteiger partial charge < -0.3 is 9.64 Å². The lowest BCUT2D eigenvalue weighted by Crippen LogP contribution is -2.49. The summed E-state index contributed by atoms with van der Waals surface area (Å²) in [5.41, 5.74) is 3.06. The number of aryl methyl sites for hydroxylation is 1. The molecule has 0 saturated carbocycles. The Balaban J connectivity index is 1.29. The Morgan fingerprint density at radius 3 is 2.34 bits per heavy atom. The fourth-order valence-electron chi connectivity index (χ4n) is 3.90. The summed E-state index contributed by atoms with van der Waals surface area (Å²) in [6.07, 6.45) is 1.59. The van der Waals surface area contributed by atoms with Crippen LogP contribution in [0.15, 0.2) is 48.5 Å². The van der Waals surface area contributed by atoms with Gasteiger partial charge in [0.15, 0.2) is 0 Å². The smallest absolute Gasteiger partial charge is 0.265 e. The summed E-state index contributed by atoms with van der Waals surface area (Å²) in [4.78, 5) is 22.7. The Labute approximate surface area is 192 Å². The molecule has 5 nitrogen and oxygen atoms in total. The van der Waals surface area contributed by atoms with Gasteiger partial charge in [-0.3, -0.25) is 9.69 Å². The molecule has 3 aromatic rings. The van der Waals surface area contributed by atoms with E-state index in [9.17, 15) is 9.18 Å². The van der Waals surface area contributed by atoms with Crippen molar-refractivity contribution >= 4 is 17.2 Å². The molecule has 0 spiro atoms. The van der Waals surface area contributed by atoms with E-state index in [2.05, 4.69) is 22.0 Å². The fourth-order valence-corrected chi connectivity index (χ4v) is 4.97. The number of rotatable bonds is 7. The number of methoxy groups -OCH3 is 1. The van der Waals surface area contributed by atoms with Crippen molar-refractivity contribution in [3.05, 3.63) is 81.1 Å². The largest absolute Gasteiger partial charge is 0.497 e.